The average molecular weight is 420 g/mol. The van der Waals surface area contributed by atoms with Gasteiger partial charge in [0.25, 0.3) is 0 Å². The number of carbonyl (C=O) groups excluding carboxylic acids is 1. The summed E-state index contributed by atoms with van der Waals surface area (Å²) in [6.45, 7) is 3.26. The first-order valence-electron chi connectivity index (χ1n) is 11.0. The fourth-order valence-electron chi connectivity index (χ4n) is 4.00. The third-order valence-electron chi connectivity index (χ3n) is 5.65. The van der Waals surface area contributed by atoms with Gasteiger partial charge in [-0.3, -0.25) is 4.79 Å². The quantitative estimate of drug-likeness (QED) is 0.530. The van der Waals surface area contributed by atoms with Gasteiger partial charge in [0, 0.05) is 19.4 Å². The molecule has 1 amide bonds. The lowest BCUT2D eigenvalue weighted by Gasteiger charge is -2.33. The lowest BCUT2D eigenvalue weighted by molar-refractivity contribution is -0.135. The number of rotatable bonds is 8. The van der Waals surface area contributed by atoms with Gasteiger partial charge in [-0.15, -0.1) is 0 Å². The molecule has 0 radical (unpaired) electrons. The Morgan fingerprint density at radius 3 is 2.84 bits per heavy atom. The first-order chi connectivity index (χ1) is 15.2. The zero-order valence-corrected chi connectivity index (χ0v) is 18.0. The summed E-state index contributed by atoms with van der Waals surface area (Å²) in [4.78, 5) is 19.4. The number of aryl methyl sites for hydroxylation is 2. The van der Waals surface area contributed by atoms with Gasteiger partial charge in [-0.05, 0) is 55.9 Å². The molecule has 1 aliphatic heterocycles. The van der Waals surface area contributed by atoms with Crippen molar-refractivity contribution in [3.8, 4) is 5.75 Å². The van der Waals surface area contributed by atoms with Gasteiger partial charge in [-0.25, -0.2) is 0 Å². The summed E-state index contributed by atoms with van der Waals surface area (Å²) >= 11 is 0. The maximum atomic E-state index is 12.9. The van der Waals surface area contributed by atoms with E-state index in [-0.39, 0.29) is 11.9 Å². The molecule has 0 N–H and O–H groups in total. The number of hydrogen-bond acceptors (Lipinski definition) is 5. The van der Waals surface area contributed by atoms with E-state index in [4.69, 9.17) is 9.26 Å². The highest BCUT2D eigenvalue weighted by Gasteiger charge is 2.31. The molecule has 0 spiro atoms. The van der Waals surface area contributed by atoms with Crippen LogP contribution in [-0.4, -0.2) is 34.1 Å². The van der Waals surface area contributed by atoms with Crippen molar-refractivity contribution in [2.45, 2.75) is 51.5 Å². The second kappa shape index (κ2) is 10.2. The van der Waals surface area contributed by atoms with Gasteiger partial charge in [0.2, 0.25) is 11.8 Å². The van der Waals surface area contributed by atoms with E-state index in [9.17, 15) is 4.79 Å². The van der Waals surface area contributed by atoms with E-state index < -0.39 is 0 Å². The van der Waals surface area contributed by atoms with Crippen molar-refractivity contribution in [2.75, 3.05) is 13.2 Å². The molecule has 2 heterocycles. The molecule has 6 nitrogen and oxygen atoms in total. The van der Waals surface area contributed by atoms with E-state index in [0.717, 1.165) is 43.5 Å². The fourth-order valence-corrected chi connectivity index (χ4v) is 4.00. The molecular formula is C25H29N3O3. The van der Waals surface area contributed by atoms with Crippen molar-refractivity contribution in [3.05, 3.63) is 77.4 Å². The van der Waals surface area contributed by atoms with Gasteiger partial charge in [0.15, 0.2) is 5.82 Å². The zero-order chi connectivity index (χ0) is 21.5. The summed E-state index contributed by atoms with van der Waals surface area (Å²) < 4.78 is 11.4. The summed E-state index contributed by atoms with van der Waals surface area (Å²) in [5, 5.41) is 4.12. The number of carbonyl (C=O) groups is 1. The highest BCUT2D eigenvalue weighted by Crippen LogP contribution is 2.30. The predicted octanol–water partition coefficient (Wildman–Crippen LogP) is 4.69. The van der Waals surface area contributed by atoms with E-state index in [2.05, 4.69) is 22.3 Å². The van der Waals surface area contributed by atoms with Crippen LogP contribution in [0.4, 0.5) is 0 Å². The summed E-state index contributed by atoms with van der Waals surface area (Å²) in [6, 6.07) is 17.9. The Morgan fingerprint density at radius 2 is 2.00 bits per heavy atom. The maximum absolute atomic E-state index is 12.9. The molecule has 1 fully saturated rings. The first kappa shape index (κ1) is 21.1. The van der Waals surface area contributed by atoms with Crippen LogP contribution in [0.25, 0.3) is 0 Å². The molecular weight excluding hydrogens is 390 g/mol. The monoisotopic (exact) mass is 419 g/mol. The lowest BCUT2D eigenvalue weighted by atomic mass is 10.0. The first-order valence-corrected chi connectivity index (χ1v) is 11.0. The van der Waals surface area contributed by atoms with E-state index in [1.54, 1.807) is 0 Å². The molecule has 3 aromatic rings. The number of nitrogens with zero attached hydrogens (tertiary/aromatic N) is 3. The number of aromatic nitrogens is 2. The summed E-state index contributed by atoms with van der Waals surface area (Å²) in [5.41, 5.74) is 2.34. The Kier molecular flexibility index (Phi) is 6.97. The Bertz CT molecular complexity index is 986. The molecule has 0 saturated carbocycles. The molecule has 1 unspecified atom stereocenters. The van der Waals surface area contributed by atoms with Crippen LogP contribution in [0.1, 0.15) is 54.6 Å². The van der Waals surface area contributed by atoms with Crippen LogP contribution in [-0.2, 0) is 17.6 Å². The molecule has 1 aliphatic rings. The van der Waals surface area contributed by atoms with E-state index in [1.807, 2.05) is 54.3 Å². The third kappa shape index (κ3) is 5.72. The van der Waals surface area contributed by atoms with Crippen molar-refractivity contribution < 1.29 is 14.1 Å². The van der Waals surface area contributed by atoms with Crippen LogP contribution in [0.3, 0.4) is 0 Å². The number of likely N-dealkylation sites (tertiary alicyclic amines) is 1. The molecule has 2 aromatic carbocycles. The molecule has 1 saturated heterocycles. The predicted molar refractivity (Wildman–Crippen MR) is 118 cm³/mol. The molecule has 1 aromatic heterocycles. The number of ether oxygens (including phenoxy) is 1. The Hall–Kier alpha value is -3.15. The van der Waals surface area contributed by atoms with Crippen LogP contribution < -0.4 is 4.74 Å². The number of benzene rings is 2. The Labute approximate surface area is 183 Å². The van der Waals surface area contributed by atoms with E-state index in [1.165, 1.54) is 5.56 Å². The summed E-state index contributed by atoms with van der Waals surface area (Å²) in [5.74, 6) is 2.14. The van der Waals surface area contributed by atoms with E-state index >= 15 is 0 Å². The highest BCUT2D eigenvalue weighted by atomic mass is 16.5. The highest BCUT2D eigenvalue weighted by molar-refractivity contribution is 5.77. The van der Waals surface area contributed by atoms with Gasteiger partial charge >= 0.3 is 0 Å². The second-order valence-corrected chi connectivity index (χ2v) is 8.05. The standard InChI is InChI=1S/C25H29N3O3/c1-19-8-7-11-21(18-19)30-17-15-23-26-25(31-27-23)22-12-5-6-16-28(22)24(29)14-13-20-9-3-2-4-10-20/h2-4,7-11,18,22H,5-6,12-17H2,1H3. The Morgan fingerprint density at radius 1 is 1.13 bits per heavy atom. The Balaban J connectivity index is 1.33. The minimum absolute atomic E-state index is 0.129. The van der Waals surface area contributed by atoms with Crippen LogP contribution >= 0.6 is 0 Å². The third-order valence-corrected chi connectivity index (χ3v) is 5.65. The van der Waals surface area contributed by atoms with Crippen LogP contribution in [0.2, 0.25) is 0 Å². The van der Waals surface area contributed by atoms with Crippen molar-refractivity contribution in [3.63, 3.8) is 0 Å². The molecule has 31 heavy (non-hydrogen) atoms. The molecule has 0 aliphatic carbocycles. The van der Waals surface area contributed by atoms with Crippen molar-refractivity contribution in [1.29, 1.82) is 0 Å². The van der Waals surface area contributed by atoms with Crippen LogP contribution in [0.5, 0.6) is 5.75 Å². The average Bonchev–Trinajstić information content (AvgIpc) is 3.27. The van der Waals surface area contributed by atoms with Gasteiger partial charge in [-0.2, -0.15) is 4.98 Å². The zero-order valence-electron chi connectivity index (χ0n) is 18.0. The summed E-state index contributed by atoms with van der Waals surface area (Å²) in [6.07, 6.45) is 4.73. The van der Waals surface area contributed by atoms with Crippen molar-refractivity contribution in [2.24, 2.45) is 0 Å². The van der Waals surface area contributed by atoms with Gasteiger partial charge in [-0.1, -0.05) is 47.6 Å². The van der Waals surface area contributed by atoms with Crippen molar-refractivity contribution in [1.82, 2.24) is 15.0 Å². The van der Waals surface area contributed by atoms with Gasteiger partial charge in [0.05, 0.1) is 6.61 Å². The minimum Gasteiger partial charge on any atom is -0.493 e. The number of amides is 1. The number of hydrogen-bond donors (Lipinski definition) is 0. The van der Waals surface area contributed by atoms with E-state index in [0.29, 0.717) is 31.2 Å². The topological polar surface area (TPSA) is 68.5 Å². The van der Waals surface area contributed by atoms with Crippen LogP contribution in [0, 0.1) is 6.92 Å². The van der Waals surface area contributed by atoms with Crippen LogP contribution in [0.15, 0.2) is 59.1 Å². The normalized spacial score (nSPS) is 16.3. The van der Waals surface area contributed by atoms with Gasteiger partial charge < -0.3 is 14.2 Å². The SMILES string of the molecule is Cc1cccc(OCCc2noc(C3CCCCN3C(=O)CCc3ccccc3)n2)c1. The van der Waals surface area contributed by atoms with Gasteiger partial charge in [0.1, 0.15) is 11.8 Å². The maximum Gasteiger partial charge on any atom is 0.249 e. The molecule has 162 valence electrons. The molecule has 6 heteroatoms. The number of piperidine rings is 1. The second-order valence-electron chi connectivity index (χ2n) is 8.05. The molecule has 1 atom stereocenters. The largest absolute Gasteiger partial charge is 0.493 e. The minimum atomic E-state index is -0.129. The fraction of sp³-hybridized carbons (Fsp3) is 0.400. The smallest absolute Gasteiger partial charge is 0.249 e. The summed E-state index contributed by atoms with van der Waals surface area (Å²) in [7, 11) is 0. The lowest BCUT2D eigenvalue weighted by Crippen LogP contribution is -2.38. The van der Waals surface area contributed by atoms with Crippen molar-refractivity contribution >= 4 is 5.91 Å². The molecule has 0 bridgehead atoms. The molecule has 4 rings (SSSR count).